The van der Waals surface area contributed by atoms with Crippen LogP contribution >= 0.6 is 11.6 Å². The van der Waals surface area contributed by atoms with Gasteiger partial charge in [-0.2, -0.15) is 4.31 Å². The molecule has 1 N–H and O–H groups in total. The molecular weight excluding hydrogens is 400 g/mol. The predicted octanol–water partition coefficient (Wildman–Crippen LogP) is 4.17. The van der Waals surface area contributed by atoms with Crippen LogP contribution in [-0.2, 0) is 10.0 Å². The number of rotatable bonds is 6. The molecule has 0 spiro atoms. The molecule has 0 radical (unpaired) electrons. The topological polar surface area (TPSA) is 75.7 Å². The summed E-state index contributed by atoms with van der Waals surface area (Å²) < 4.78 is 32.7. The van der Waals surface area contributed by atoms with Gasteiger partial charge in [0.05, 0.1) is 22.1 Å². The number of halogens is 1. The molecule has 0 unspecified atom stereocenters. The number of nitrogens with zero attached hydrogens (tertiary/aromatic N) is 1. The lowest BCUT2D eigenvalue weighted by Gasteiger charge is -2.26. The maximum Gasteiger partial charge on any atom is 0.257 e. The van der Waals surface area contributed by atoms with Gasteiger partial charge in [-0.05, 0) is 50.1 Å². The lowest BCUT2D eigenvalue weighted by molar-refractivity contribution is 0.102. The van der Waals surface area contributed by atoms with Crippen LogP contribution < -0.4 is 10.1 Å². The van der Waals surface area contributed by atoms with Crippen molar-refractivity contribution in [2.24, 2.45) is 0 Å². The summed E-state index contributed by atoms with van der Waals surface area (Å²) in [5, 5.41) is 2.94. The first-order chi connectivity index (χ1) is 13.4. The van der Waals surface area contributed by atoms with Gasteiger partial charge in [0.2, 0.25) is 10.0 Å². The molecule has 0 aliphatic carbocycles. The van der Waals surface area contributed by atoms with Crippen molar-refractivity contribution in [2.75, 3.05) is 25.0 Å². The van der Waals surface area contributed by atoms with E-state index in [1.54, 1.807) is 24.3 Å². The van der Waals surface area contributed by atoms with Gasteiger partial charge in [-0.3, -0.25) is 4.79 Å². The molecule has 28 heavy (non-hydrogen) atoms. The van der Waals surface area contributed by atoms with Crippen LogP contribution in [0.4, 0.5) is 5.69 Å². The van der Waals surface area contributed by atoms with Crippen LogP contribution in [0.15, 0.2) is 47.4 Å². The molecule has 3 rings (SSSR count). The van der Waals surface area contributed by atoms with Crippen molar-refractivity contribution in [1.82, 2.24) is 4.31 Å². The predicted molar refractivity (Wildman–Crippen MR) is 110 cm³/mol. The average Bonchev–Trinajstić information content (AvgIpc) is 2.69. The SMILES string of the molecule is CCOc1cccc(NC(=O)c2cc(S(=O)(=O)N3CCCCC3)ccc2Cl)c1. The van der Waals surface area contributed by atoms with Gasteiger partial charge in [0.25, 0.3) is 5.91 Å². The summed E-state index contributed by atoms with van der Waals surface area (Å²) in [5.41, 5.74) is 0.651. The third-order valence-electron chi connectivity index (χ3n) is 4.54. The van der Waals surface area contributed by atoms with Crippen LogP contribution in [-0.4, -0.2) is 38.3 Å². The summed E-state index contributed by atoms with van der Waals surface area (Å²) in [6.45, 7) is 3.38. The summed E-state index contributed by atoms with van der Waals surface area (Å²) in [6, 6.07) is 11.2. The maximum atomic E-state index is 12.9. The summed E-state index contributed by atoms with van der Waals surface area (Å²) in [5.74, 6) is 0.155. The quantitative estimate of drug-likeness (QED) is 0.758. The second-order valence-corrected chi connectivity index (χ2v) is 8.87. The van der Waals surface area contributed by atoms with Crippen LogP contribution in [0, 0.1) is 0 Å². The van der Waals surface area contributed by atoms with Crippen LogP contribution in [0.2, 0.25) is 5.02 Å². The van der Waals surface area contributed by atoms with E-state index in [1.807, 2.05) is 6.92 Å². The number of hydrogen-bond acceptors (Lipinski definition) is 4. The Balaban J connectivity index is 1.84. The zero-order valence-electron chi connectivity index (χ0n) is 15.7. The van der Waals surface area contributed by atoms with E-state index in [0.717, 1.165) is 19.3 Å². The molecule has 1 heterocycles. The van der Waals surface area contributed by atoms with Gasteiger partial charge >= 0.3 is 0 Å². The molecule has 8 heteroatoms. The van der Waals surface area contributed by atoms with E-state index in [1.165, 1.54) is 22.5 Å². The van der Waals surface area contributed by atoms with E-state index in [4.69, 9.17) is 16.3 Å². The smallest absolute Gasteiger partial charge is 0.257 e. The van der Waals surface area contributed by atoms with Crippen LogP contribution in [0.1, 0.15) is 36.5 Å². The Hall–Kier alpha value is -2.09. The minimum absolute atomic E-state index is 0.0759. The molecule has 0 saturated carbocycles. The molecule has 1 aliphatic heterocycles. The number of amides is 1. The van der Waals surface area contributed by atoms with Crippen molar-refractivity contribution in [1.29, 1.82) is 0 Å². The summed E-state index contributed by atoms with van der Waals surface area (Å²) in [4.78, 5) is 12.8. The average molecular weight is 423 g/mol. The maximum absolute atomic E-state index is 12.9. The number of piperidine rings is 1. The van der Waals surface area contributed by atoms with Gasteiger partial charge in [0, 0.05) is 24.8 Å². The Labute approximate surface area is 170 Å². The highest BCUT2D eigenvalue weighted by Gasteiger charge is 2.27. The van der Waals surface area contributed by atoms with Crippen molar-refractivity contribution < 1.29 is 17.9 Å². The molecule has 0 bridgehead atoms. The van der Waals surface area contributed by atoms with Gasteiger partial charge in [0.15, 0.2) is 0 Å². The Morgan fingerprint density at radius 2 is 1.89 bits per heavy atom. The zero-order valence-corrected chi connectivity index (χ0v) is 17.2. The number of sulfonamides is 1. The monoisotopic (exact) mass is 422 g/mol. The molecule has 0 atom stereocenters. The standard InChI is InChI=1S/C20H23ClN2O4S/c1-2-27-16-8-6-7-15(13-16)22-20(24)18-14-17(9-10-19(18)21)28(25,26)23-11-4-3-5-12-23/h6-10,13-14H,2-5,11-12H2,1H3,(H,22,24). The Bertz CT molecular complexity index is 956. The fourth-order valence-electron chi connectivity index (χ4n) is 3.12. The largest absolute Gasteiger partial charge is 0.494 e. The minimum atomic E-state index is -3.65. The second kappa shape index (κ2) is 8.94. The Morgan fingerprint density at radius 3 is 2.61 bits per heavy atom. The number of carbonyl (C=O) groups is 1. The van der Waals surface area contributed by atoms with Crippen molar-refractivity contribution in [3.05, 3.63) is 53.1 Å². The van der Waals surface area contributed by atoms with Gasteiger partial charge in [-0.15, -0.1) is 0 Å². The highest BCUT2D eigenvalue weighted by Crippen LogP contribution is 2.26. The summed E-state index contributed by atoms with van der Waals surface area (Å²) >= 11 is 6.18. The molecule has 2 aromatic carbocycles. The van der Waals surface area contributed by atoms with Gasteiger partial charge < -0.3 is 10.1 Å². The highest BCUT2D eigenvalue weighted by atomic mass is 35.5. The molecule has 1 fully saturated rings. The molecule has 150 valence electrons. The first-order valence-corrected chi connectivity index (χ1v) is 11.1. The van der Waals surface area contributed by atoms with Gasteiger partial charge in [-0.25, -0.2) is 8.42 Å². The zero-order chi connectivity index (χ0) is 20.1. The van der Waals surface area contributed by atoms with E-state index < -0.39 is 15.9 Å². The Kier molecular flexibility index (Phi) is 6.59. The van der Waals surface area contributed by atoms with Crippen LogP contribution in [0.5, 0.6) is 5.75 Å². The van der Waals surface area contributed by atoms with Crippen molar-refractivity contribution in [3.63, 3.8) is 0 Å². The molecule has 1 aliphatic rings. The third-order valence-corrected chi connectivity index (χ3v) is 6.76. The van der Waals surface area contributed by atoms with Crippen molar-refractivity contribution >= 4 is 33.2 Å². The second-order valence-electron chi connectivity index (χ2n) is 6.52. The minimum Gasteiger partial charge on any atom is -0.494 e. The fourth-order valence-corrected chi connectivity index (χ4v) is 4.87. The fraction of sp³-hybridized carbons (Fsp3) is 0.350. The van der Waals surface area contributed by atoms with Crippen molar-refractivity contribution in [3.8, 4) is 5.75 Å². The van der Waals surface area contributed by atoms with E-state index >= 15 is 0 Å². The molecular formula is C20H23ClN2O4S. The molecule has 1 amide bonds. The van der Waals surface area contributed by atoms with E-state index in [2.05, 4.69) is 5.32 Å². The number of nitrogens with one attached hydrogen (secondary N) is 1. The normalized spacial score (nSPS) is 15.2. The van der Waals surface area contributed by atoms with E-state index in [0.29, 0.717) is 31.1 Å². The molecule has 2 aromatic rings. The van der Waals surface area contributed by atoms with Crippen LogP contribution in [0.3, 0.4) is 0 Å². The number of hydrogen-bond donors (Lipinski definition) is 1. The van der Waals surface area contributed by atoms with Crippen molar-refractivity contribution in [2.45, 2.75) is 31.1 Å². The first kappa shape index (κ1) is 20.6. The van der Waals surface area contributed by atoms with Gasteiger partial charge in [0.1, 0.15) is 5.75 Å². The number of carbonyl (C=O) groups excluding carboxylic acids is 1. The van der Waals surface area contributed by atoms with E-state index in [-0.39, 0.29) is 15.5 Å². The lowest BCUT2D eigenvalue weighted by Crippen LogP contribution is -2.35. The highest BCUT2D eigenvalue weighted by molar-refractivity contribution is 7.89. The molecule has 1 saturated heterocycles. The number of ether oxygens (including phenoxy) is 1. The third kappa shape index (κ3) is 4.66. The molecule has 6 nitrogen and oxygen atoms in total. The molecule has 0 aromatic heterocycles. The van der Waals surface area contributed by atoms with Crippen LogP contribution in [0.25, 0.3) is 0 Å². The van der Waals surface area contributed by atoms with E-state index in [9.17, 15) is 13.2 Å². The summed E-state index contributed by atoms with van der Waals surface area (Å²) in [6.07, 6.45) is 2.72. The number of anilines is 1. The Morgan fingerprint density at radius 1 is 1.14 bits per heavy atom. The van der Waals surface area contributed by atoms with Gasteiger partial charge in [-0.1, -0.05) is 24.1 Å². The summed E-state index contributed by atoms with van der Waals surface area (Å²) in [7, 11) is -3.65. The lowest BCUT2D eigenvalue weighted by atomic mass is 10.2. The first-order valence-electron chi connectivity index (χ1n) is 9.25. The number of benzene rings is 2.